The molecule has 7 nitrogen and oxygen atoms in total. The van der Waals surface area contributed by atoms with E-state index in [9.17, 15) is 13.2 Å². The maximum atomic E-state index is 12.4. The summed E-state index contributed by atoms with van der Waals surface area (Å²) in [5, 5.41) is 8.99. The number of anilines is 2. The smallest absolute Gasteiger partial charge is 0.335 e. The molecule has 2 aromatic rings. The van der Waals surface area contributed by atoms with Crippen LogP contribution < -0.4 is 9.62 Å². The predicted molar refractivity (Wildman–Crippen MR) is 93.7 cm³/mol. The van der Waals surface area contributed by atoms with Crippen LogP contribution in [0.1, 0.15) is 10.4 Å². The van der Waals surface area contributed by atoms with Crippen LogP contribution in [-0.2, 0) is 14.8 Å². The number of morpholine rings is 1. The molecule has 8 heteroatoms. The Hall–Kier alpha value is -2.58. The molecule has 0 radical (unpaired) electrons. The van der Waals surface area contributed by atoms with Gasteiger partial charge in [-0.2, -0.15) is 0 Å². The van der Waals surface area contributed by atoms with E-state index in [1.165, 1.54) is 18.2 Å². The first-order chi connectivity index (χ1) is 12.0. The average molecular weight is 362 g/mol. The normalized spacial score (nSPS) is 15.0. The lowest BCUT2D eigenvalue weighted by molar-refractivity contribution is 0.0696. The van der Waals surface area contributed by atoms with Crippen LogP contribution in [0.5, 0.6) is 0 Å². The first kappa shape index (κ1) is 17.2. The molecule has 1 aliphatic heterocycles. The van der Waals surface area contributed by atoms with E-state index in [4.69, 9.17) is 9.84 Å². The van der Waals surface area contributed by atoms with Crippen molar-refractivity contribution in [2.45, 2.75) is 4.90 Å². The Balaban J connectivity index is 1.76. The van der Waals surface area contributed by atoms with Crippen molar-refractivity contribution in [3.63, 3.8) is 0 Å². The summed E-state index contributed by atoms with van der Waals surface area (Å²) in [5.41, 5.74) is 1.34. The quantitative estimate of drug-likeness (QED) is 0.845. The lowest BCUT2D eigenvalue weighted by atomic mass is 10.2. The van der Waals surface area contributed by atoms with Crippen molar-refractivity contribution < 1.29 is 23.1 Å². The number of nitrogens with zero attached hydrogens (tertiary/aromatic N) is 1. The largest absolute Gasteiger partial charge is 0.478 e. The minimum atomic E-state index is -3.85. The second-order valence-corrected chi connectivity index (χ2v) is 7.27. The number of benzene rings is 2. The monoisotopic (exact) mass is 362 g/mol. The standard InChI is InChI=1S/C17H18N2O5S/c20-17(21)13-2-1-3-16(12-13)25(22,23)18-14-4-6-15(7-5-14)19-8-10-24-11-9-19/h1-7,12,18H,8-11H2,(H,20,21). The van der Waals surface area contributed by atoms with Crippen molar-refractivity contribution in [3.8, 4) is 0 Å². The molecule has 0 spiro atoms. The van der Waals surface area contributed by atoms with E-state index in [1.54, 1.807) is 12.1 Å². The highest BCUT2D eigenvalue weighted by Crippen LogP contribution is 2.22. The van der Waals surface area contributed by atoms with E-state index in [-0.39, 0.29) is 10.5 Å². The van der Waals surface area contributed by atoms with E-state index in [0.29, 0.717) is 18.9 Å². The minimum absolute atomic E-state index is 0.0782. The van der Waals surface area contributed by atoms with Crippen LogP contribution in [0.25, 0.3) is 0 Å². The first-order valence-corrected chi connectivity index (χ1v) is 9.23. The zero-order chi connectivity index (χ0) is 17.9. The highest BCUT2D eigenvalue weighted by atomic mass is 32.2. The first-order valence-electron chi connectivity index (χ1n) is 7.75. The highest BCUT2D eigenvalue weighted by molar-refractivity contribution is 7.92. The molecule has 2 N–H and O–H groups in total. The summed E-state index contributed by atoms with van der Waals surface area (Å²) in [6, 6.07) is 12.3. The minimum Gasteiger partial charge on any atom is -0.478 e. The summed E-state index contributed by atoms with van der Waals surface area (Å²) >= 11 is 0. The zero-order valence-electron chi connectivity index (χ0n) is 13.4. The fourth-order valence-corrected chi connectivity index (χ4v) is 3.68. The van der Waals surface area contributed by atoms with E-state index in [0.717, 1.165) is 24.8 Å². The van der Waals surface area contributed by atoms with Crippen LogP contribution in [0.4, 0.5) is 11.4 Å². The molecule has 1 heterocycles. The summed E-state index contributed by atoms with van der Waals surface area (Å²) in [5.74, 6) is -1.17. The van der Waals surface area contributed by atoms with Gasteiger partial charge in [-0.3, -0.25) is 4.72 Å². The zero-order valence-corrected chi connectivity index (χ0v) is 14.2. The van der Waals surface area contributed by atoms with Gasteiger partial charge in [0.1, 0.15) is 0 Å². The Bertz CT molecular complexity index is 859. The summed E-state index contributed by atoms with van der Waals surface area (Å²) in [4.78, 5) is 13.1. The molecule has 0 aromatic heterocycles. The molecular weight excluding hydrogens is 344 g/mol. The number of nitrogens with one attached hydrogen (secondary N) is 1. The molecule has 25 heavy (non-hydrogen) atoms. The number of rotatable bonds is 5. The van der Waals surface area contributed by atoms with Gasteiger partial charge in [-0.15, -0.1) is 0 Å². The van der Waals surface area contributed by atoms with Crippen molar-refractivity contribution in [2.75, 3.05) is 35.9 Å². The third kappa shape index (κ3) is 4.09. The van der Waals surface area contributed by atoms with Crippen molar-refractivity contribution in [1.29, 1.82) is 0 Å². The number of hydrogen-bond acceptors (Lipinski definition) is 5. The van der Waals surface area contributed by atoms with Gasteiger partial charge in [0.25, 0.3) is 10.0 Å². The number of carboxylic acid groups (broad SMARTS) is 1. The Morgan fingerprint density at radius 3 is 2.40 bits per heavy atom. The Morgan fingerprint density at radius 1 is 1.08 bits per heavy atom. The third-order valence-electron chi connectivity index (χ3n) is 3.89. The Labute approximate surface area is 145 Å². The molecule has 2 aromatic carbocycles. The molecule has 1 saturated heterocycles. The third-order valence-corrected chi connectivity index (χ3v) is 5.27. The molecule has 0 atom stereocenters. The topological polar surface area (TPSA) is 95.9 Å². The van der Waals surface area contributed by atoms with Crippen molar-refractivity contribution in [2.24, 2.45) is 0 Å². The number of sulfonamides is 1. The molecule has 0 aliphatic carbocycles. The maximum absolute atomic E-state index is 12.4. The van der Waals surface area contributed by atoms with Crippen LogP contribution in [0, 0.1) is 0 Å². The van der Waals surface area contributed by atoms with Crippen LogP contribution in [0.2, 0.25) is 0 Å². The van der Waals surface area contributed by atoms with Gasteiger partial charge in [0.05, 0.1) is 23.7 Å². The summed E-state index contributed by atoms with van der Waals surface area (Å²) in [6.07, 6.45) is 0. The number of carboxylic acids is 1. The Kier molecular flexibility index (Phi) is 4.91. The van der Waals surface area contributed by atoms with Gasteiger partial charge in [-0.05, 0) is 42.5 Å². The second kappa shape index (κ2) is 7.12. The second-order valence-electron chi connectivity index (χ2n) is 5.58. The van der Waals surface area contributed by atoms with Gasteiger partial charge in [0, 0.05) is 24.5 Å². The molecule has 0 amide bonds. The molecule has 0 saturated carbocycles. The van der Waals surface area contributed by atoms with Gasteiger partial charge in [0.15, 0.2) is 0 Å². The van der Waals surface area contributed by atoms with Crippen LogP contribution in [0.3, 0.4) is 0 Å². The predicted octanol–water partition coefficient (Wildman–Crippen LogP) is 2.02. The summed E-state index contributed by atoms with van der Waals surface area (Å²) in [7, 11) is -3.85. The lowest BCUT2D eigenvalue weighted by Gasteiger charge is -2.28. The van der Waals surface area contributed by atoms with Crippen LogP contribution in [0.15, 0.2) is 53.4 Å². The molecular formula is C17H18N2O5S. The number of carbonyl (C=O) groups is 1. The van der Waals surface area contributed by atoms with E-state index >= 15 is 0 Å². The molecule has 1 fully saturated rings. The maximum Gasteiger partial charge on any atom is 0.335 e. The van der Waals surface area contributed by atoms with Crippen molar-refractivity contribution in [1.82, 2.24) is 0 Å². The molecule has 3 rings (SSSR count). The lowest BCUT2D eigenvalue weighted by Crippen LogP contribution is -2.36. The highest BCUT2D eigenvalue weighted by Gasteiger charge is 2.17. The molecule has 0 unspecified atom stereocenters. The number of hydrogen-bond donors (Lipinski definition) is 2. The fourth-order valence-electron chi connectivity index (χ4n) is 2.57. The number of aromatic carboxylic acids is 1. The average Bonchev–Trinajstić information content (AvgIpc) is 2.63. The van der Waals surface area contributed by atoms with Crippen molar-refractivity contribution in [3.05, 3.63) is 54.1 Å². The van der Waals surface area contributed by atoms with E-state index in [1.807, 2.05) is 12.1 Å². The molecule has 132 valence electrons. The van der Waals surface area contributed by atoms with Crippen molar-refractivity contribution >= 4 is 27.4 Å². The van der Waals surface area contributed by atoms with Gasteiger partial charge in [0.2, 0.25) is 0 Å². The van der Waals surface area contributed by atoms with E-state index < -0.39 is 16.0 Å². The summed E-state index contributed by atoms with van der Waals surface area (Å²) in [6.45, 7) is 2.95. The molecule has 1 aliphatic rings. The van der Waals surface area contributed by atoms with Gasteiger partial charge < -0.3 is 14.7 Å². The molecule has 0 bridgehead atoms. The Morgan fingerprint density at radius 2 is 1.76 bits per heavy atom. The summed E-state index contributed by atoms with van der Waals surface area (Å²) < 4.78 is 32.6. The van der Waals surface area contributed by atoms with Crippen LogP contribution >= 0.6 is 0 Å². The number of ether oxygens (including phenoxy) is 1. The fraction of sp³-hybridized carbons (Fsp3) is 0.235. The van der Waals surface area contributed by atoms with Gasteiger partial charge >= 0.3 is 5.97 Å². The van der Waals surface area contributed by atoms with Gasteiger partial charge in [-0.25, -0.2) is 13.2 Å². The van der Waals surface area contributed by atoms with E-state index in [2.05, 4.69) is 9.62 Å². The van der Waals surface area contributed by atoms with Gasteiger partial charge in [-0.1, -0.05) is 6.07 Å². The van der Waals surface area contributed by atoms with Crippen LogP contribution in [-0.4, -0.2) is 45.8 Å². The SMILES string of the molecule is O=C(O)c1cccc(S(=O)(=O)Nc2ccc(N3CCOCC3)cc2)c1.